The van der Waals surface area contributed by atoms with E-state index in [9.17, 15) is 14.4 Å². The lowest BCUT2D eigenvalue weighted by Crippen LogP contribution is -2.50. The highest BCUT2D eigenvalue weighted by atomic mass is 16.2. The molecule has 0 bridgehead atoms. The number of urea groups is 1. The molecule has 2 fully saturated rings. The van der Waals surface area contributed by atoms with Crippen molar-refractivity contribution in [3.05, 3.63) is 17.0 Å². The van der Waals surface area contributed by atoms with Gasteiger partial charge in [0.15, 0.2) is 0 Å². The first kappa shape index (κ1) is 20.4. The van der Waals surface area contributed by atoms with Crippen LogP contribution < -0.4 is 10.6 Å². The third kappa shape index (κ3) is 3.77. The first-order valence-electron chi connectivity index (χ1n) is 10.1. The van der Waals surface area contributed by atoms with Gasteiger partial charge in [-0.2, -0.15) is 5.10 Å². The zero-order chi connectivity index (χ0) is 20.6. The number of imide groups is 1. The Labute approximate surface area is 166 Å². The van der Waals surface area contributed by atoms with Crippen LogP contribution in [0.25, 0.3) is 0 Å². The van der Waals surface area contributed by atoms with Crippen molar-refractivity contribution in [2.75, 3.05) is 6.54 Å². The summed E-state index contributed by atoms with van der Waals surface area (Å²) in [5.41, 5.74) is 2.32. The van der Waals surface area contributed by atoms with Crippen LogP contribution in [0.15, 0.2) is 0 Å². The van der Waals surface area contributed by atoms with Crippen molar-refractivity contribution in [1.29, 1.82) is 0 Å². The van der Waals surface area contributed by atoms with Gasteiger partial charge in [0.1, 0.15) is 12.1 Å². The second-order valence-electron chi connectivity index (χ2n) is 8.53. The molecule has 154 valence electrons. The Hall–Kier alpha value is -2.38. The number of rotatable bonds is 5. The van der Waals surface area contributed by atoms with Gasteiger partial charge in [-0.1, -0.05) is 6.92 Å². The summed E-state index contributed by atoms with van der Waals surface area (Å²) < 4.78 is 1.83. The highest BCUT2D eigenvalue weighted by Gasteiger charge is 2.52. The van der Waals surface area contributed by atoms with Crippen molar-refractivity contribution in [3.63, 3.8) is 0 Å². The van der Waals surface area contributed by atoms with Crippen LogP contribution in [0.3, 0.4) is 0 Å². The molecule has 8 nitrogen and oxygen atoms in total. The largest absolute Gasteiger partial charge is 0.352 e. The molecule has 1 saturated heterocycles. The maximum absolute atomic E-state index is 12.9. The maximum atomic E-state index is 12.9. The van der Waals surface area contributed by atoms with E-state index in [1.165, 1.54) is 0 Å². The fourth-order valence-electron chi connectivity index (χ4n) is 4.35. The molecule has 1 aliphatic heterocycles. The molecule has 2 N–H and O–H groups in total. The Morgan fingerprint density at radius 3 is 2.54 bits per heavy atom. The van der Waals surface area contributed by atoms with E-state index in [1.807, 2.05) is 32.5 Å². The van der Waals surface area contributed by atoms with Gasteiger partial charge in [-0.3, -0.25) is 19.2 Å². The molecule has 1 spiro atoms. The molecule has 0 radical (unpaired) electrons. The molecule has 1 saturated carbocycles. The summed E-state index contributed by atoms with van der Waals surface area (Å²) >= 11 is 0. The van der Waals surface area contributed by atoms with Gasteiger partial charge in [0.05, 0.1) is 5.69 Å². The van der Waals surface area contributed by atoms with Gasteiger partial charge in [0, 0.05) is 18.8 Å². The smallest absolute Gasteiger partial charge is 0.325 e. The minimum Gasteiger partial charge on any atom is -0.352 e. The van der Waals surface area contributed by atoms with Crippen molar-refractivity contribution in [1.82, 2.24) is 25.3 Å². The van der Waals surface area contributed by atoms with Crippen LogP contribution >= 0.6 is 0 Å². The van der Waals surface area contributed by atoms with E-state index in [0.29, 0.717) is 25.2 Å². The van der Waals surface area contributed by atoms with E-state index in [2.05, 4.69) is 22.7 Å². The summed E-state index contributed by atoms with van der Waals surface area (Å²) in [5, 5.41) is 10.2. The standard InChI is InChI=1S/C20H31N5O3/c1-12-6-8-20(9-7-12)18(27)25(19(28)22-20)11-17(26)21-13(2)10-16-14(3)23-24(5)15(16)4/h12-13H,6-11H2,1-5H3,(H,21,26)(H,22,28). The van der Waals surface area contributed by atoms with E-state index in [4.69, 9.17) is 0 Å². The van der Waals surface area contributed by atoms with Gasteiger partial charge in [-0.05, 0) is 64.4 Å². The average molecular weight is 390 g/mol. The molecular formula is C20H31N5O3. The fourth-order valence-corrected chi connectivity index (χ4v) is 4.35. The maximum Gasteiger partial charge on any atom is 0.325 e. The number of nitrogens with one attached hydrogen (secondary N) is 2. The lowest BCUT2D eigenvalue weighted by Gasteiger charge is -2.33. The lowest BCUT2D eigenvalue weighted by molar-refractivity contribution is -0.136. The number of carbonyl (C=O) groups is 3. The summed E-state index contributed by atoms with van der Waals surface area (Å²) in [6.07, 6.45) is 3.76. The van der Waals surface area contributed by atoms with Crippen molar-refractivity contribution >= 4 is 17.8 Å². The molecule has 4 amide bonds. The van der Waals surface area contributed by atoms with Crippen LogP contribution in [0.5, 0.6) is 0 Å². The molecule has 1 atom stereocenters. The van der Waals surface area contributed by atoms with Crippen molar-refractivity contribution in [2.24, 2.45) is 13.0 Å². The van der Waals surface area contributed by atoms with E-state index >= 15 is 0 Å². The Kier molecular flexibility index (Phi) is 5.50. The van der Waals surface area contributed by atoms with E-state index in [-0.39, 0.29) is 24.4 Å². The lowest BCUT2D eigenvalue weighted by atomic mass is 9.77. The van der Waals surface area contributed by atoms with Crippen LogP contribution in [-0.2, 0) is 23.1 Å². The Morgan fingerprint density at radius 2 is 1.96 bits per heavy atom. The first-order valence-corrected chi connectivity index (χ1v) is 10.1. The second kappa shape index (κ2) is 7.56. The third-order valence-electron chi connectivity index (χ3n) is 6.25. The zero-order valence-electron chi connectivity index (χ0n) is 17.5. The molecule has 1 aliphatic carbocycles. The summed E-state index contributed by atoms with van der Waals surface area (Å²) in [7, 11) is 1.90. The summed E-state index contributed by atoms with van der Waals surface area (Å²) in [6.45, 7) is 7.79. The molecule has 2 aliphatic rings. The number of hydrogen-bond acceptors (Lipinski definition) is 4. The molecule has 1 aromatic heterocycles. The van der Waals surface area contributed by atoms with Crippen LogP contribution in [0, 0.1) is 19.8 Å². The minimum atomic E-state index is -0.806. The van der Waals surface area contributed by atoms with E-state index in [0.717, 1.165) is 34.7 Å². The van der Waals surface area contributed by atoms with E-state index < -0.39 is 11.6 Å². The molecule has 2 heterocycles. The predicted octanol–water partition coefficient (Wildman–Crippen LogP) is 1.58. The zero-order valence-corrected chi connectivity index (χ0v) is 17.5. The number of amides is 4. The van der Waals surface area contributed by atoms with Gasteiger partial charge in [0.25, 0.3) is 5.91 Å². The number of nitrogens with zero attached hydrogens (tertiary/aromatic N) is 3. The van der Waals surface area contributed by atoms with Gasteiger partial charge < -0.3 is 10.6 Å². The molecule has 1 unspecified atom stereocenters. The molecular weight excluding hydrogens is 358 g/mol. The van der Waals surface area contributed by atoms with Crippen molar-refractivity contribution in [3.8, 4) is 0 Å². The average Bonchev–Trinajstić information content (AvgIpc) is 2.99. The highest BCUT2D eigenvalue weighted by molar-refractivity contribution is 6.09. The summed E-state index contributed by atoms with van der Waals surface area (Å²) in [6, 6.07) is -0.583. The minimum absolute atomic E-state index is 0.126. The van der Waals surface area contributed by atoms with Crippen LogP contribution in [-0.4, -0.2) is 50.7 Å². The number of carbonyl (C=O) groups excluding carboxylic acids is 3. The quantitative estimate of drug-likeness (QED) is 0.748. The Morgan fingerprint density at radius 1 is 1.32 bits per heavy atom. The monoisotopic (exact) mass is 389 g/mol. The molecule has 1 aromatic rings. The van der Waals surface area contributed by atoms with Gasteiger partial charge in [0.2, 0.25) is 5.91 Å². The molecule has 0 aromatic carbocycles. The fraction of sp³-hybridized carbons (Fsp3) is 0.700. The Bertz CT molecular complexity index is 792. The van der Waals surface area contributed by atoms with E-state index in [1.54, 1.807) is 0 Å². The summed E-state index contributed by atoms with van der Waals surface area (Å²) in [4.78, 5) is 38.8. The molecule has 3 rings (SSSR count). The third-order valence-corrected chi connectivity index (χ3v) is 6.25. The second-order valence-corrected chi connectivity index (χ2v) is 8.53. The Balaban J connectivity index is 1.58. The topological polar surface area (TPSA) is 96.3 Å². The molecule has 28 heavy (non-hydrogen) atoms. The number of aromatic nitrogens is 2. The number of hydrogen-bond donors (Lipinski definition) is 2. The highest BCUT2D eigenvalue weighted by Crippen LogP contribution is 2.36. The van der Waals surface area contributed by atoms with Gasteiger partial charge >= 0.3 is 6.03 Å². The normalized spacial score (nSPS) is 25.9. The first-order chi connectivity index (χ1) is 13.1. The number of aryl methyl sites for hydroxylation is 2. The van der Waals surface area contributed by atoms with Crippen molar-refractivity contribution in [2.45, 2.75) is 71.4 Å². The summed E-state index contributed by atoms with van der Waals surface area (Å²) in [5.74, 6) is -0.0181. The van der Waals surface area contributed by atoms with Crippen LogP contribution in [0.1, 0.15) is 56.5 Å². The van der Waals surface area contributed by atoms with Crippen LogP contribution in [0.2, 0.25) is 0 Å². The predicted molar refractivity (Wildman–Crippen MR) is 105 cm³/mol. The van der Waals surface area contributed by atoms with Gasteiger partial charge in [-0.25, -0.2) is 4.79 Å². The van der Waals surface area contributed by atoms with Crippen molar-refractivity contribution < 1.29 is 14.4 Å². The SMILES string of the molecule is Cc1nn(C)c(C)c1CC(C)NC(=O)CN1C(=O)NC2(CCC(C)CC2)C1=O. The van der Waals surface area contributed by atoms with Gasteiger partial charge in [-0.15, -0.1) is 0 Å². The van der Waals surface area contributed by atoms with Crippen LogP contribution in [0.4, 0.5) is 4.79 Å². The molecule has 8 heteroatoms.